The molecule has 0 aromatic heterocycles. The van der Waals surface area contributed by atoms with Gasteiger partial charge in [0.05, 0.1) is 0 Å². The highest BCUT2D eigenvalue weighted by Gasteiger charge is 2.14. The number of rotatable bonds is 46. The van der Waals surface area contributed by atoms with Crippen molar-refractivity contribution < 1.29 is 19.4 Å². The Balaban J connectivity index is 3.91. The van der Waals surface area contributed by atoms with Crippen molar-refractivity contribution in [2.24, 2.45) is 0 Å². The summed E-state index contributed by atoms with van der Waals surface area (Å²) in [6.07, 6.45) is 58.3. The van der Waals surface area contributed by atoms with Gasteiger partial charge in [0, 0.05) is 12.8 Å². The third-order valence-electron chi connectivity index (χ3n) is 11.5. The molecule has 0 radical (unpaired) electrons. The first-order valence-electron chi connectivity index (χ1n) is 24.7. The summed E-state index contributed by atoms with van der Waals surface area (Å²) in [7, 11) is 0. The largest absolute Gasteiger partial charge is 0.481 e. The lowest BCUT2D eigenvalue weighted by Gasteiger charge is -2.18. The van der Waals surface area contributed by atoms with Crippen molar-refractivity contribution in [1.82, 2.24) is 0 Å². The molecule has 0 saturated heterocycles. The first-order valence-corrected chi connectivity index (χ1v) is 24.7. The summed E-state index contributed by atoms with van der Waals surface area (Å²) in [5.41, 5.74) is 0. The second-order valence-electron chi connectivity index (χ2n) is 17.0. The Bertz CT molecular complexity index is 777. The van der Waals surface area contributed by atoms with Crippen molar-refractivity contribution in [3.8, 4) is 0 Å². The SMILES string of the molecule is CCCCCCCCCC/C=C\CCCCCCCCCCCC(=O)OC(CCCCCCCCCCCCCCCCC)CCCCCCCC(=O)O. The fourth-order valence-electron chi connectivity index (χ4n) is 7.83. The van der Waals surface area contributed by atoms with E-state index in [1.807, 2.05) is 0 Å². The van der Waals surface area contributed by atoms with Gasteiger partial charge in [0.1, 0.15) is 6.10 Å². The molecule has 0 heterocycles. The van der Waals surface area contributed by atoms with E-state index in [1.54, 1.807) is 0 Å². The molecule has 0 aliphatic carbocycles. The minimum Gasteiger partial charge on any atom is -0.481 e. The van der Waals surface area contributed by atoms with Crippen LogP contribution in [0.1, 0.15) is 290 Å². The number of allylic oxidation sites excluding steroid dienone is 2. The molecular formula is C50H96O4. The average Bonchev–Trinajstić information content (AvgIpc) is 3.16. The molecule has 1 unspecified atom stereocenters. The van der Waals surface area contributed by atoms with Crippen LogP contribution in [-0.2, 0) is 14.3 Å². The highest BCUT2D eigenvalue weighted by Crippen LogP contribution is 2.20. The molecule has 4 nitrogen and oxygen atoms in total. The number of esters is 1. The van der Waals surface area contributed by atoms with Gasteiger partial charge in [0.2, 0.25) is 0 Å². The van der Waals surface area contributed by atoms with E-state index < -0.39 is 5.97 Å². The van der Waals surface area contributed by atoms with Gasteiger partial charge in [-0.1, -0.05) is 225 Å². The zero-order valence-electron chi connectivity index (χ0n) is 36.8. The van der Waals surface area contributed by atoms with Gasteiger partial charge < -0.3 is 9.84 Å². The van der Waals surface area contributed by atoms with Crippen molar-refractivity contribution in [3.05, 3.63) is 12.2 Å². The first-order chi connectivity index (χ1) is 26.6. The van der Waals surface area contributed by atoms with Crippen LogP contribution < -0.4 is 0 Å². The Morgan fingerprint density at radius 1 is 0.389 bits per heavy atom. The van der Waals surface area contributed by atoms with Gasteiger partial charge in [0.15, 0.2) is 0 Å². The quantitative estimate of drug-likeness (QED) is 0.0381. The number of carbonyl (C=O) groups excluding carboxylic acids is 1. The highest BCUT2D eigenvalue weighted by atomic mass is 16.5. The van der Waals surface area contributed by atoms with Crippen molar-refractivity contribution in [3.63, 3.8) is 0 Å². The van der Waals surface area contributed by atoms with Crippen LogP contribution in [-0.4, -0.2) is 23.1 Å². The molecule has 0 amide bonds. The molecule has 0 aromatic carbocycles. The van der Waals surface area contributed by atoms with Crippen LogP contribution in [0.15, 0.2) is 12.2 Å². The first kappa shape index (κ1) is 52.7. The third-order valence-corrected chi connectivity index (χ3v) is 11.5. The number of carboxylic acids is 1. The van der Waals surface area contributed by atoms with E-state index in [0.29, 0.717) is 6.42 Å². The van der Waals surface area contributed by atoms with Crippen LogP contribution in [0.3, 0.4) is 0 Å². The minimum atomic E-state index is -0.695. The summed E-state index contributed by atoms with van der Waals surface area (Å²) >= 11 is 0. The van der Waals surface area contributed by atoms with Crippen molar-refractivity contribution >= 4 is 11.9 Å². The van der Waals surface area contributed by atoms with Gasteiger partial charge in [-0.15, -0.1) is 0 Å². The van der Waals surface area contributed by atoms with Crippen LogP contribution in [0.4, 0.5) is 0 Å². The van der Waals surface area contributed by atoms with Gasteiger partial charge in [-0.25, -0.2) is 0 Å². The second kappa shape index (κ2) is 46.1. The fraction of sp³-hybridized carbons (Fsp3) is 0.920. The Hall–Kier alpha value is -1.32. The van der Waals surface area contributed by atoms with Gasteiger partial charge in [0.25, 0.3) is 0 Å². The normalized spacial score (nSPS) is 12.2. The molecule has 0 bridgehead atoms. The predicted molar refractivity (Wildman–Crippen MR) is 237 cm³/mol. The summed E-state index contributed by atoms with van der Waals surface area (Å²) < 4.78 is 6.05. The Morgan fingerprint density at radius 2 is 0.667 bits per heavy atom. The monoisotopic (exact) mass is 761 g/mol. The molecule has 320 valence electrons. The maximum absolute atomic E-state index is 12.8. The smallest absolute Gasteiger partial charge is 0.306 e. The van der Waals surface area contributed by atoms with Crippen LogP contribution in [0.25, 0.3) is 0 Å². The maximum atomic E-state index is 12.8. The molecule has 0 aliphatic rings. The predicted octanol–water partition coefficient (Wildman–Crippen LogP) is 17.4. The van der Waals surface area contributed by atoms with E-state index >= 15 is 0 Å². The lowest BCUT2D eigenvalue weighted by atomic mass is 10.0. The number of hydrogen-bond acceptors (Lipinski definition) is 3. The van der Waals surface area contributed by atoms with Crippen molar-refractivity contribution in [1.29, 1.82) is 0 Å². The van der Waals surface area contributed by atoms with Gasteiger partial charge >= 0.3 is 11.9 Å². The summed E-state index contributed by atoms with van der Waals surface area (Å²) in [6.45, 7) is 4.58. The van der Waals surface area contributed by atoms with E-state index in [9.17, 15) is 9.59 Å². The third kappa shape index (κ3) is 45.1. The molecule has 0 aromatic rings. The van der Waals surface area contributed by atoms with E-state index in [0.717, 1.165) is 64.2 Å². The Labute approximate surface area is 338 Å². The number of aliphatic carboxylic acids is 1. The summed E-state index contributed by atoms with van der Waals surface area (Å²) in [4.78, 5) is 23.5. The van der Waals surface area contributed by atoms with Gasteiger partial charge in [-0.2, -0.15) is 0 Å². The molecule has 0 fully saturated rings. The lowest BCUT2D eigenvalue weighted by molar-refractivity contribution is -0.150. The maximum Gasteiger partial charge on any atom is 0.306 e. The zero-order chi connectivity index (χ0) is 39.3. The summed E-state index contributed by atoms with van der Waals surface area (Å²) in [5, 5.41) is 8.86. The number of ether oxygens (including phenoxy) is 1. The number of carboxylic acid groups (broad SMARTS) is 1. The molecule has 0 rings (SSSR count). The summed E-state index contributed by atoms with van der Waals surface area (Å²) in [6, 6.07) is 0. The number of carbonyl (C=O) groups is 2. The van der Waals surface area contributed by atoms with Crippen molar-refractivity contribution in [2.75, 3.05) is 0 Å². The lowest BCUT2D eigenvalue weighted by Crippen LogP contribution is -2.18. The molecule has 4 heteroatoms. The summed E-state index contributed by atoms with van der Waals surface area (Å²) in [5.74, 6) is -0.687. The fourth-order valence-corrected chi connectivity index (χ4v) is 7.83. The Morgan fingerprint density at radius 3 is 1.00 bits per heavy atom. The van der Waals surface area contributed by atoms with Gasteiger partial charge in [-0.05, 0) is 64.2 Å². The Kier molecular flexibility index (Phi) is 44.9. The van der Waals surface area contributed by atoms with Crippen molar-refractivity contribution in [2.45, 2.75) is 296 Å². The number of hydrogen-bond donors (Lipinski definition) is 1. The standard InChI is InChI=1S/C50H96O4/c1-3-5-7-9-11-13-15-17-19-20-21-22-23-24-26-28-30-32-34-39-43-47-50(53)54-48(45-41-37-35-38-42-46-49(51)52)44-40-36-33-31-29-27-25-18-16-14-12-10-8-6-4-2/h20-21,48H,3-19,22-47H2,1-2H3,(H,51,52)/b21-20-. The molecule has 1 atom stereocenters. The highest BCUT2D eigenvalue weighted by molar-refractivity contribution is 5.69. The van der Waals surface area contributed by atoms with Crippen LogP contribution in [0.2, 0.25) is 0 Å². The number of unbranched alkanes of at least 4 members (excludes halogenated alkanes) is 35. The molecule has 0 saturated carbocycles. The molecule has 0 aliphatic heterocycles. The zero-order valence-corrected chi connectivity index (χ0v) is 36.8. The van der Waals surface area contributed by atoms with Crippen LogP contribution in [0.5, 0.6) is 0 Å². The molecular weight excluding hydrogens is 665 g/mol. The van der Waals surface area contributed by atoms with E-state index in [1.165, 1.54) is 199 Å². The average molecular weight is 761 g/mol. The van der Waals surface area contributed by atoms with E-state index in [2.05, 4.69) is 26.0 Å². The van der Waals surface area contributed by atoms with Gasteiger partial charge in [-0.3, -0.25) is 9.59 Å². The molecule has 1 N–H and O–H groups in total. The molecule has 54 heavy (non-hydrogen) atoms. The topological polar surface area (TPSA) is 63.6 Å². The van der Waals surface area contributed by atoms with E-state index in [-0.39, 0.29) is 18.5 Å². The van der Waals surface area contributed by atoms with Crippen LogP contribution >= 0.6 is 0 Å². The minimum absolute atomic E-state index is 0.00859. The van der Waals surface area contributed by atoms with Crippen LogP contribution in [0, 0.1) is 0 Å². The molecule has 0 spiro atoms. The second-order valence-corrected chi connectivity index (χ2v) is 17.0. The van der Waals surface area contributed by atoms with E-state index in [4.69, 9.17) is 9.84 Å².